The summed E-state index contributed by atoms with van der Waals surface area (Å²) in [5.74, 6) is -4.80. The summed E-state index contributed by atoms with van der Waals surface area (Å²) in [4.78, 5) is 47.5. The second kappa shape index (κ2) is 7.43. The topological polar surface area (TPSA) is 121 Å². The third kappa shape index (κ3) is 3.39. The number of aldehydes is 1. The van der Waals surface area contributed by atoms with E-state index in [0.717, 1.165) is 12.1 Å². The Hall–Kier alpha value is -3.81. The smallest absolute Gasteiger partial charge is 0.336 e. The third-order valence-electron chi connectivity index (χ3n) is 4.47. The summed E-state index contributed by atoms with van der Waals surface area (Å²) in [6.07, 6.45) is 1.64. The molecule has 0 bridgehead atoms. The number of carboxylic acid groups (broad SMARTS) is 2. The van der Waals surface area contributed by atoms with Crippen LogP contribution in [0.25, 0.3) is 5.57 Å². The van der Waals surface area contributed by atoms with Crippen molar-refractivity contribution in [2.24, 2.45) is 0 Å². The number of carbonyl (C=O) groups excluding carboxylic acids is 2. The molecule has 0 aromatic heterocycles. The zero-order valence-corrected chi connectivity index (χ0v) is 14.3. The molecule has 1 aliphatic rings. The number of allylic oxidation sites excluding steroid dienone is 1. The van der Waals surface area contributed by atoms with Gasteiger partial charge in [-0.3, -0.25) is 9.59 Å². The van der Waals surface area contributed by atoms with Crippen LogP contribution in [0.15, 0.2) is 42.5 Å². The summed E-state index contributed by atoms with van der Waals surface area (Å²) in [5, 5.41) is 21.5. The highest BCUT2D eigenvalue weighted by Gasteiger charge is 2.35. The minimum atomic E-state index is -1.35. The van der Waals surface area contributed by atoms with Crippen molar-refractivity contribution in [3.8, 4) is 0 Å². The summed E-state index contributed by atoms with van der Waals surface area (Å²) >= 11 is 0. The van der Waals surface area contributed by atoms with Crippen molar-refractivity contribution < 1.29 is 33.8 Å². The van der Waals surface area contributed by atoms with Crippen LogP contribution in [-0.2, 0) is 9.59 Å². The number of carboxylic acids is 2. The lowest BCUT2D eigenvalue weighted by Gasteiger charge is -2.26. The van der Waals surface area contributed by atoms with Crippen LogP contribution in [0.5, 0.6) is 0 Å². The average molecular weight is 383 g/mol. The zero-order chi connectivity index (χ0) is 20.4. The summed E-state index contributed by atoms with van der Waals surface area (Å²) in [5.41, 5.74) is -0.320. The van der Waals surface area contributed by atoms with Gasteiger partial charge in [0.05, 0.1) is 17.1 Å². The molecule has 1 atom stereocenters. The van der Waals surface area contributed by atoms with Gasteiger partial charge in [0.1, 0.15) is 5.82 Å². The largest absolute Gasteiger partial charge is 0.478 e. The van der Waals surface area contributed by atoms with E-state index in [1.54, 1.807) is 0 Å². The molecule has 3 rings (SSSR count). The van der Waals surface area contributed by atoms with Gasteiger partial charge in [-0.2, -0.15) is 0 Å². The van der Waals surface area contributed by atoms with Crippen LogP contribution < -0.4 is 5.32 Å². The molecule has 8 heteroatoms. The summed E-state index contributed by atoms with van der Waals surface area (Å²) < 4.78 is 13.0. The van der Waals surface area contributed by atoms with Crippen molar-refractivity contribution in [1.82, 2.24) is 0 Å². The van der Waals surface area contributed by atoms with Gasteiger partial charge in [-0.25, -0.2) is 14.0 Å². The molecule has 2 aromatic rings. The number of amides is 1. The van der Waals surface area contributed by atoms with Crippen LogP contribution in [0.2, 0.25) is 0 Å². The van der Waals surface area contributed by atoms with Crippen molar-refractivity contribution >= 4 is 35.4 Å². The number of fused-ring (bicyclic) bond motifs is 1. The number of halogens is 1. The summed E-state index contributed by atoms with van der Waals surface area (Å²) in [6, 6.07) is 7.38. The van der Waals surface area contributed by atoms with Crippen molar-refractivity contribution in [3.05, 3.63) is 70.5 Å². The van der Waals surface area contributed by atoms with Gasteiger partial charge in [-0.15, -0.1) is 0 Å². The van der Waals surface area contributed by atoms with Crippen molar-refractivity contribution in [3.63, 3.8) is 0 Å². The van der Waals surface area contributed by atoms with Crippen LogP contribution in [0.4, 0.5) is 10.1 Å². The van der Waals surface area contributed by atoms with Gasteiger partial charge < -0.3 is 15.5 Å². The molecule has 0 spiro atoms. The molecule has 0 saturated carbocycles. The van der Waals surface area contributed by atoms with Crippen LogP contribution >= 0.6 is 0 Å². The minimum Gasteiger partial charge on any atom is -0.478 e. The Kier molecular flexibility index (Phi) is 5.04. The van der Waals surface area contributed by atoms with Crippen LogP contribution in [0.3, 0.4) is 0 Å². The fourth-order valence-corrected chi connectivity index (χ4v) is 3.23. The Bertz CT molecular complexity index is 1030. The predicted octanol–water partition coefficient (Wildman–Crippen LogP) is 2.93. The van der Waals surface area contributed by atoms with E-state index < -0.39 is 29.6 Å². The number of rotatable bonds is 5. The molecule has 0 fully saturated rings. The Balaban J connectivity index is 2.12. The van der Waals surface area contributed by atoms with E-state index in [0.29, 0.717) is 12.0 Å². The van der Waals surface area contributed by atoms with E-state index in [-0.39, 0.29) is 34.2 Å². The highest BCUT2D eigenvalue weighted by atomic mass is 19.1. The first-order valence-electron chi connectivity index (χ1n) is 8.19. The first kappa shape index (κ1) is 19.0. The summed E-state index contributed by atoms with van der Waals surface area (Å²) in [6.45, 7) is 0. The Morgan fingerprint density at radius 3 is 2.29 bits per heavy atom. The van der Waals surface area contributed by atoms with Gasteiger partial charge in [0, 0.05) is 16.8 Å². The van der Waals surface area contributed by atoms with Crippen molar-refractivity contribution in [2.45, 2.75) is 12.3 Å². The molecule has 2 aromatic carbocycles. The lowest BCUT2D eigenvalue weighted by molar-refractivity contribution is -0.130. The van der Waals surface area contributed by atoms with E-state index in [4.69, 9.17) is 0 Å². The zero-order valence-electron chi connectivity index (χ0n) is 14.3. The fourth-order valence-electron chi connectivity index (χ4n) is 3.23. The summed E-state index contributed by atoms with van der Waals surface area (Å²) in [7, 11) is 0. The number of benzene rings is 2. The molecule has 0 saturated heterocycles. The highest BCUT2D eigenvalue weighted by molar-refractivity contribution is 6.20. The van der Waals surface area contributed by atoms with Crippen molar-refractivity contribution in [2.75, 3.05) is 5.32 Å². The van der Waals surface area contributed by atoms with E-state index in [2.05, 4.69) is 5.32 Å². The maximum Gasteiger partial charge on any atom is 0.336 e. The van der Waals surface area contributed by atoms with Gasteiger partial charge in [0.15, 0.2) is 6.29 Å². The molecular formula is C20H14FNO6. The molecule has 28 heavy (non-hydrogen) atoms. The maximum absolute atomic E-state index is 13.0. The molecule has 0 radical (unpaired) electrons. The predicted molar refractivity (Wildman–Crippen MR) is 96.8 cm³/mol. The quantitative estimate of drug-likeness (QED) is 0.683. The maximum atomic E-state index is 13.0. The molecule has 7 nitrogen and oxygen atoms in total. The average Bonchev–Trinajstić information content (AvgIpc) is 2.67. The Morgan fingerprint density at radius 1 is 1.04 bits per heavy atom. The SMILES string of the molecule is O=Cc1ccc(C(=O)O)c2c1C(C(=O)O)=CCC2C(=O)Nc1ccc(F)cc1. The molecule has 1 aliphatic carbocycles. The van der Waals surface area contributed by atoms with E-state index in [1.165, 1.54) is 30.3 Å². The Morgan fingerprint density at radius 2 is 1.71 bits per heavy atom. The second-order valence-electron chi connectivity index (χ2n) is 6.12. The highest BCUT2D eigenvalue weighted by Crippen LogP contribution is 2.39. The molecule has 142 valence electrons. The number of aliphatic carboxylic acids is 1. The van der Waals surface area contributed by atoms with Gasteiger partial charge in [-0.1, -0.05) is 12.1 Å². The number of nitrogens with one attached hydrogen (secondary N) is 1. The van der Waals surface area contributed by atoms with Gasteiger partial charge >= 0.3 is 11.9 Å². The van der Waals surface area contributed by atoms with Gasteiger partial charge in [-0.05, 0) is 42.3 Å². The van der Waals surface area contributed by atoms with Gasteiger partial charge in [0.2, 0.25) is 5.91 Å². The van der Waals surface area contributed by atoms with E-state index >= 15 is 0 Å². The lowest BCUT2D eigenvalue weighted by atomic mass is 9.77. The first-order valence-corrected chi connectivity index (χ1v) is 8.19. The number of carbonyl (C=O) groups is 4. The molecule has 0 aliphatic heterocycles. The number of hydrogen-bond donors (Lipinski definition) is 3. The molecule has 0 heterocycles. The minimum absolute atomic E-state index is 0.0204. The Labute approximate surface area is 158 Å². The number of anilines is 1. The third-order valence-corrected chi connectivity index (χ3v) is 4.47. The van der Waals surface area contributed by atoms with E-state index in [9.17, 15) is 33.8 Å². The molecular weight excluding hydrogens is 369 g/mol. The van der Waals surface area contributed by atoms with Gasteiger partial charge in [0.25, 0.3) is 0 Å². The van der Waals surface area contributed by atoms with Crippen LogP contribution in [0, 0.1) is 5.82 Å². The standard InChI is InChI=1S/C20H14FNO6/c21-11-2-4-12(5-3-11)22-18(24)13-7-8-14(19(25)26)16-10(9-23)1-6-15(17(13)16)20(27)28/h1-6,8-9,13H,7H2,(H,22,24)(H,25,26)(H,27,28). The lowest BCUT2D eigenvalue weighted by Crippen LogP contribution is -2.27. The van der Waals surface area contributed by atoms with Crippen LogP contribution in [-0.4, -0.2) is 34.3 Å². The first-order chi connectivity index (χ1) is 13.3. The molecule has 3 N–H and O–H groups in total. The fraction of sp³-hybridized carbons (Fsp3) is 0.100. The number of aromatic carboxylic acids is 1. The monoisotopic (exact) mass is 383 g/mol. The van der Waals surface area contributed by atoms with Crippen molar-refractivity contribution in [1.29, 1.82) is 0 Å². The molecule has 1 unspecified atom stereocenters. The van der Waals surface area contributed by atoms with Crippen LogP contribution in [0.1, 0.15) is 44.2 Å². The normalized spacial score (nSPS) is 15.2. The number of hydrogen-bond acceptors (Lipinski definition) is 4. The second-order valence-corrected chi connectivity index (χ2v) is 6.12. The van der Waals surface area contributed by atoms with E-state index in [1.807, 2.05) is 0 Å². The molecule has 1 amide bonds.